The third kappa shape index (κ3) is 13.0. The van der Waals surface area contributed by atoms with Crippen molar-refractivity contribution in [3.05, 3.63) is 24.3 Å². The van der Waals surface area contributed by atoms with E-state index in [0.717, 1.165) is 9.80 Å². The first-order chi connectivity index (χ1) is 18.9. The Morgan fingerprint density at radius 3 is 1.08 bits per heavy atom. The smallest absolute Gasteiger partial charge is 0.434 e. The molecule has 2 rings (SSSR count). The monoisotopic (exact) mass is 556 g/mol. The summed E-state index contributed by atoms with van der Waals surface area (Å²) >= 11 is 0. The standard InChI is InChI=1S/C24H32N2O13/c27-19-3-4-20(28)25(19)7-1-9-36-23(31)38-17-15-34-13-11-33-12-14-35-16-18-39-24(32)37-10-2-8-26-21(29)5-6-22(26)30/h3-6H,1-2,7-18H2. The van der Waals surface area contributed by atoms with Crippen molar-refractivity contribution in [2.45, 2.75) is 12.8 Å². The van der Waals surface area contributed by atoms with Crippen LogP contribution in [-0.2, 0) is 52.3 Å². The fourth-order valence-corrected chi connectivity index (χ4v) is 3.05. The number of amides is 4. The molecule has 2 heterocycles. The maximum absolute atomic E-state index is 11.5. The van der Waals surface area contributed by atoms with Gasteiger partial charge in [0.15, 0.2) is 0 Å². The van der Waals surface area contributed by atoms with Crippen LogP contribution in [0.2, 0.25) is 0 Å². The molecular weight excluding hydrogens is 524 g/mol. The van der Waals surface area contributed by atoms with Crippen LogP contribution in [0.15, 0.2) is 24.3 Å². The van der Waals surface area contributed by atoms with Gasteiger partial charge in [0.25, 0.3) is 23.6 Å². The predicted molar refractivity (Wildman–Crippen MR) is 128 cm³/mol. The van der Waals surface area contributed by atoms with Crippen molar-refractivity contribution >= 4 is 35.9 Å². The van der Waals surface area contributed by atoms with E-state index >= 15 is 0 Å². The number of carbonyl (C=O) groups is 6. The Labute approximate surface area is 224 Å². The number of nitrogens with zero attached hydrogens (tertiary/aromatic N) is 2. The lowest BCUT2D eigenvalue weighted by atomic mass is 10.4. The lowest BCUT2D eigenvalue weighted by Gasteiger charge is -2.13. The van der Waals surface area contributed by atoms with Gasteiger partial charge >= 0.3 is 12.3 Å². The Morgan fingerprint density at radius 1 is 0.462 bits per heavy atom. The molecule has 2 aliphatic heterocycles. The third-order valence-corrected chi connectivity index (χ3v) is 4.93. The van der Waals surface area contributed by atoms with Gasteiger partial charge in [0.05, 0.1) is 52.9 Å². The zero-order chi connectivity index (χ0) is 28.3. The van der Waals surface area contributed by atoms with Gasteiger partial charge in [-0.05, 0) is 12.8 Å². The molecule has 0 aromatic carbocycles. The molecule has 0 saturated carbocycles. The molecule has 39 heavy (non-hydrogen) atoms. The minimum atomic E-state index is -0.868. The normalized spacial score (nSPS) is 14.5. The summed E-state index contributed by atoms with van der Waals surface area (Å²) in [5.41, 5.74) is 0. The van der Waals surface area contributed by atoms with Gasteiger partial charge in [-0.15, -0.1) is 0 Å². The number of hydrogen-bond acceptors (Lipinski definition) is 13. The van der Waals surface area contributed by atoms with E-state index in [1.165, 1.54) is 24.3 Å². The van der Waals surface area contributed by atoms with Gasteiger partial charge < -0.3 is 33.2 Å². The molecule has 2 aliphatic rings. The maximum Gasteiger partial charge on any atom is 0.508 e. The number of hydrogen-bond donors (Lipinski definition) is 0. The molecular formula is C24H32N2O13. The number of rotatable bonds is 20. The van der Waals surface area contributed by atoms with Crippen molar-refractivity contribution in [2.75, 3.05) is 79.2 Å². The van der Waals surface area contributed by atoms with Crippen LogP contribution < -0.4 is 0 Å². The minimum absolute atomic E-state index is 0.00727. The molecule has 0 bridgehead atoms. The van der Waals surface area contributed by atoms with Crippen LogP contribution in [0, 0.1) is 0 Å². The summed E-state index contributed by atoms with van der Waals surface area (Å²) in [6, 6.07) is 0. The average molecular weight is 557 g/mol. The molecule has 216 valence electrons. The molecule has 0 N–H and O–H groups in total. The summed E-state index contributed by atoms with van der Waals surface area (Å²) in [6.07, 6.45) is 3.62. The van der Waals surface area contributed by atoms with Crippen LogP contribution in [0.25, 0.3) is 0 Å². The second-order valence-electron chi connectivity index (χ2n) is 7.76. The molecule has 0 unspecified atom stereocenters. The topological polar surface area (TPSA) is 174 Å². The highest BCUT2D eigenvalue weighted by Gasteiger charge is 2.23. The second-order valence-corrected chi connectivity index (χ2v) is 7.76. The van der Waals surface area contributed by atoms with E-state index < -0.39 is 12.3 Å². The predicted octanol–water partition coefficient (Wildman–Crippen LogP) is -0.0272. The van der Waals surface area contributed by atoms with E-state index in [-0.39, 0.29) is 89.6 Å². The molecule has 15 nitrogen and oxygen atoms in total. The molecule has 0 saturated heterocycles. The van der Waals surface area contributed by atoms with E-state index in [2.05, 4.69) is 0 Å². The minimum Gasteiger partial charge on any atom is -0.434 e. The molecule has 0 aromatic heterocycles. The number of imide groups is 2. The summed E-state index contributed by atoms with van der Waals surface area (Å²) in [7, 11) is 0. The van der Waals surface area contributed by atoms with Crippen molar-refractivity contribution in [1.82, 2.24) is 9.80 Å². The van der Waals surface area contributed by atoms with Crippen molar-refractivity contribution in [1.29, 1.82) is 0 Å². The van der Waals surface area contributed by atoms with Crippen LogP contribution in [0.4, 0.5) is 9.59 Å². The van der Waals surface area contributed by atoms with Crippen molar-refractivity contribution < 1.29 is 61.9 Å². The first-order valence-electron chi connectivity index (χ1n) is 12.3. The van der Waals surface area contributed by atoms with E-state index in [0.29, 0.717) is 26.1 Å². The zero-order valence-electron chi connectivity index (χ0n) is 21.4. The Kier molecular flexibility index (Phi) is 14.8. The highest BCUT2D eigenvalue weighted by atomic mass is 16.7. The van der Waals surface area contributed by atoms with Gasteiger partial charge in [-0.25, -0.2) is 9.59 Å². The SMILES string of the molecule is O=C(OCCCN1C(=O)C=CC1=O)OCCOCCOCCOCCOC(=O)OCCCN1C(=O)C=CC1=O. The maximum atomic E-state index is 11.5. The number of carbonyl (C=O) groups excluding carboxylic acids is 6. The van der Waals surface area contributed by atoms with Crippen LogP contribution in [0.1, 0.15) is 12.8 Å². The van der Waals surface area contributed by atoms with E-state index in [1.54, 1.807) is 0 Å². The highest BCUT2D eigenvalue weighted by molar-refractivity contribution is 6.13. The van der Waals surface area contributed by atoms with Gasteiger partial charge in [-0.2, -0.15) is 0 Å². The van der Waals surface area contributed by atoms with Crippen molar-refractivity contribution in [3.63, 3.8) is 0 Å². The van der Waals surface area contributed by atoms with E-state index in [1.807, 2.05) is 0 Å². The fourth-order valence-electron chi connectivity index (χ4n) is 3.05. The largest absolute Gasteiger partial charge is 0.508 e. The molecule has 15 heteroatoms. The first-order valence-corrected chi connectivity index (χ1v) is 12.3. The van der Waals surface area contributed by atoms with Gasteiger partial charge in [-0.1, -0.05) is 0 Å². The van der Waals surface area contributed by atoms with Crippen LogP contribution >= 0.6 is 0 Å². The second kappa shape index (κ2) is 18.4. The van der Waals surface area contributed by atoms with Crippen molar-refractivity contribution in [3.8, 4) is 0 Å². The molecule has 0 radical (unpaired) electrons. The molecule has 0 spiro atoms. The lowest BCUT2D eigenvalue weighted by Crippen LogP contribution is -2.31. The van der Waals surface area contributed by atoms with Gasteiger partial charge in [0.2, 0.25) is 0 Å². The molecule has 4 amide bonds. The summed E-state index contributed by atoms with van der Waals surface area (Å²) in [6.45, 7) is 1.75. The lowest BCUT2D eigenvalue weighted by molar-refractivity contribution is -0.138. The first kappa shape index (κ1) is 31.4. The van der Waals surface area contributed by atoms with Crippen molar-refractivity contribution in [2.24, 2.45) is 0 Å². The Balaban J connectivity index is 1.27. The van der Waals surface area contributed by atoms with Crippen LogP contribution in [0.3, 0.4) is 0 Å². The Morgan fingerprint density at radius 2 is 0.744 bits per heavy atom. The average Bonchev–Trinajstić information content (AvgIpc) is 3.41. The van der Waals surface area contributed by atoms with Crippen LogP contribution in [-0.4, -0.2) is 125 Å². The Hall–Kier alpha value is -3.82. The zero-order valence-corrected chi connectivity index (χ0v) is 21.4. The fraction of sp³-hybridized carbons (Fsp3) is 0.583. The summed E-state index contributed by atoms with van der Waals surface area (Å²) < 4.78 is 35.2. The van der Waals surface area contributed by atoms with Gasteiger partial charge in [-0.3, -0.25) is 29.0 Å². The van der Waals surface area contributed by atoms with Crippen LogP contribution in [0.5, 0.6) is 0 Å². The molecule has 0 aliphatic carbocycles. The summed E-state index contributed by atoms with van der Waals surface area (Å²) in [5.74, 6) is -1.55. The quantitative estimate of drug-likeness (QED) is 0.111. The van der Waals surface area contributed by atoms with E-state index in [4.69, 9.17) is 33.2 Å². The Bertz CT molecular complexity index is 810. The van der Waals surface area contributed by atoms with E-state index in [9.17, 15) is 28.8 Å². The molecule has 0 aromatic rings. The highest BCUT2D eigenvalue weighted by Crippen LogP contribution is 2.05. The van der Waals surface area contributed by atoms with Gasteiger partial charge in [0, 0.05) is 37.4 Å². The summed E-state index contributed by atoms with van der Waals surface area (Å²) in [5, 5.41) is 0. The molecule has 0 fully saturated rings. The molecule has 0 atom stereocenters. The summed E-state index contributed by atoms with van der Waals surface area (Å²) in [4.78, 5) is 70.5. The number of ether oxygens (including phenoxy) is 7. The third-order valence-electron chi connectivity index (χ3n) is 4.93. The van der Waals surface area contributed by atoms with Gasteiger partial charge in [0.1, 0.15) is 13.2 Å².